The Bertz CT molecular complexity index is 1250. The highest BCUT2D eigenvalue weighted by molar-refractivity contribution is 9.10. The molecule has 1 aliphatic heterocycles. The van der Waals surface area contributed by atoms with Crippen LogP contribution in [0.15, 0.2) is 70.2 Å². The highest BCUT2D eigenvalue weighted by atomic mass is 79.9. The molecule has 2 atom stereocenters. The molecule has 1 saturated heterocycles. The lowest BCUT2D eigenvalue weighted by Gasteiger charge is -2.45. The van der Waals surface area contributed by atoms with E-state index in [0.29, 0.717) is 15.8 Å². The van der Waals surface area contributed by atoms with Crippen LogP contribution in [0.3, 0.4) is 0 Å². The van der Waals surface area contributed by atoms with Crippen LogP contribution in [0.5, 0.6) is 11.5 Å². The van der Waals surface area contributed by atoms with Crippen LogP contribution in [0, 0.1) is 11.8 Å². The summed E-state index contributed by atoms with van der Waals surface area (Å²) in [6.07, 6.45) is 1.33. The Balaban J connectivity index is 1.43. The first-order valence-electron chi connectivity index (χ1n) is 10.7. The maximum atomic E-state index is 13.6. The van der Waals surface area contributed by atoms with Gasteiger partial charge in [0.05, 0.1) is 29.6 Å². The minimum Gasteiger partial charge on any atom is -0.506 e. The zero-order chi connectivity index (χ0) is 22.9. The van der Waals surface area contributed by atoms with Crippen LogP contribution >= 0.6 is 15.9 Å². The van der Waals surface area contributed by atoms with Gasteiger partial charge in [-0.3, -0.25) is 9.59 Å². The maximum Gasteiger partial charge on any atom is 0.254 e. The number of phenolic OH excluding ortho intramolecular Hbond substituents is 1. The third-order valence-corrected chi connectivity index (χ3v) is 7.64. The van der Waals surface area contributed by atoms with E-state index in [0.717, 1.165) is 27.3 Å². The molecule has 0 radical (unpaired) electrons. The second kappa shape index (κ2) is 7.28. The standard InChI is InChI=1S/C26H19BrN2O4/c1-33-14-10-13(24(30)19(27)11-14)12-28-29-25(31)22-20-15-6-2-3-7-16(15)21(23(22)26(29)32)18-9-5-4-8-17(18)20/h2-12,20-23,30H,1H3/b28-12-/t20?,21?,22-,23-/m0/s1. The van der Waals surface area contributed by atoms with Crippen LogP contribution in [0.4, 0.5) is 0 Å². The van der Waals surface area contributed by atoms with E-state index in [1.807, 2.05) is 24.3 Å². The highest BCUT2D eigenvalue weighted by Crippen LogP contribution is 2.60. The van der Waals surface area contributed by atoms with E-state index in [9.17, 15) is 14.7 Å². The van der Waals surface area contributed by atoms with Crippen molar-refractivity contribution in [3.63, 3.8) is 0 Å². The fourth-order valence-electron chi connectivity index (χ4n) is 5.71. The number of methoxy groups -OCH3 is 1. The number of amides is 2. The molecule has 7 heteroatoms. The second-order valence-electron chi connectivity index (χ2n) is 8.54. The van der Waals surface area contributed by atoms with Gasteiger partial charge in [0.2, 0.25) is 0 Å². The van der Waals surface area contributed by atoms with E-state index in [1.54, 1.807) is 12.1 Å². The number of hydrogen-bond donors (Lipinski definition) is 1. The van der Waals surface area contributed by atoms with Gasteiger partial charge in [-0.1, -0.05) is 48.5 Å². The quantitative estimate of drug-likeness (QED) is 0.425. The van der Waals surface area contributed by atoms with Crippen molar-refractivity contribution in [2.75, 3.05) is 7.11 Å². The molecule has 4 aliphatic rings. The number of ether oxygens (including phenoxy) is 1. The fourth-order valence-corrected chi connectivity index (χ4v) is 6.16. The number of carbonyl (C=O) groups is 2. The van der Waals surface area contributed by atoms with Crippen molar-refractivity contribution in [2.45, 2.75) is 11.8 Å². The van der Waals surface area contributed by atoms with Crippen molar-refractivity contribution >= 4 is 34.0 Å². The summed E-state index contributed by atoms with van der Waals surface area (Å²) in [5, 5.41) is 15.6. The normalized spacial score (nSPS) is 24.7. The summed E-state index contributed by atoms with van der Waals surface area (Å²) in [4.78, 5) is 27.1. The highest BCUT2D eigenvalue weighted by Gasteiger charge is 2.61. The average molecular weight is 503 g/mol. The maximum absolute atomic E-state index is 13.6. The lowest BCUT2D eigenvalue weighted by atomic mass is 9.55. The van der Waals surface area contributed by atoms with Crippen molar-refractivity contribution < 1.29 is 19.4 Å². The lowest BCUT2D eigenvalue weighted by molar-refractivity contribution is -0.139. The zero-order valence-electron chi connectivity index (χ0n) is 17.6. The van der Waals surface area contributed by atoms with Crippen molar-refractivity contribution in [3.8, 4) is 11.5 Å². The molecule has 0 saturated carbocycles. The number of carbonyl (C=O) groups excluding carboxylic acids is 2. The van der Waals surface area contributed by atoms with Gasteiger partial charge in [-0.15, -0.1) is 0 Å². The van der Waals surface area contributed by atoms with Gasteiger partial charge in [0, 0.05) is 17.4 Å². The smallest absolute Gasteiger partial charge is 0.254 e. The molecular formula is C26H19BrN2O4. The van der Waals surface area contributed by atoms with Gasteiger partial charge < -0.3 is 9.84 Å². The molecule has 0 aromatic heterocycles. The lowest BCUT2D eigenvalue weighted by Crippen LogP contribution is -2.41. The molecule has 2 amide bonds. The molecule has 2 bridgehead atoms. The van der Waals surface area contributed by atoms with Gasteiger partial charge in [-0.05, 0) is 50.3 Å². The van der Waals surface area contributed by atoms with Crippen LogP contribution in [-0.4, -0.2) is 35.3 Å². The van der Waals surface area contributed by atoms with Crippen LogP contribution in [0.1, 0.15) is 39.7 Å². The summed E-state index contributed by atoms with van der Waals surface area (Å²) < 4.78 is 5.67. The minimum atomic E-state index is -0.491. The summed E-state index contributed by atoms with van der Waals surface area (Å²) in [6, 6.07) is 19.4. The van der Waals surface area contributed by atoms with Crippen molar-refractivity contribution in [3.05, 3.63) is 93.0 Å². The molecule has 1 fully saturated rings. The SMILES string of the molecule is COc1cc(Br)c(O)c(/C=N\N2C(=O)[C@H]3C4c5ccccc5C(c5ccccc54)[C@@H]3C2=O)c1. The molecule has 0 unspecified atom stereocenters. The predicted octanol–water partition coefficient (Wildman–Crippen LogP) is 4.39. The van der Waals surface area contributed by atoms with Crippen molar-refractivity contribution in [1.29, 1.82) is 0 Å². The molecule has 0 spiro atoms. The third-order valence-electron chi connectivity index (χ3n) is 7.04. The molecule has 3 aliphatic carbocycles. The van der Waals surface area contributed by atoms with E-state index in [-0.39, 0.29) is 29.4 Å². The van der Waals surface area contributed by atoms with Crippen LogP contribution in [0.25, 0.3) is 0 Å². The first kappa shape index (κ1) is 20.2. The molecule has 7 rings (SSSR count). The number of phenols is 1. The first-order chi connectivity index (χ1) is 16.0. The van der Waals surface area contributed by atoms with Crippen LogP contribution < -0.4 is 4.74 Å². The van der Waals surface area contributed by atoms with E-state index >= 15 is 0 Å². The third kappa shape index (κ3) is 2.75. The van der Waals surface area contributed by atoms with E-state index in [4.69, 9.17) is 4.74 Å². The largest absolute Gasteiger partial charge is 0.506 e. The number of nitrogens with zero attached hydrogens (tertiary/aromatic N) is 2. The summed E-state index contributed by atoms with van der Waals surface area (Å²) in [6.45, 7) is 0. The minimum absolute atomic E-state index is 0.0454. The number of imide groups is 1. The molecule has 164 valence electrons. The van der Waals surface area contributed by atoms with E-state index in [2.05, 4.69) is 45.3 Å². The Labute approximate surface area is 198 Å². The summed E-state index contributed by atoms with van der Waals surface area (Å²) in [7, 11) is 1.52. The average Bonchev–Trinajstić information content (AvgIpc) is 3.10. The zero-order valence-corrected chi connectivity index (χ0v) is 19.2. The molecule has 6 nitrogen and oxygen atoms in total. The van der Waals surface area contributed by atoms with Gasteiger partial charge in [0.15, 0.2) is 0 Å². The van der Waals surface area contributed by atoms with E-state index in [1.165, 1.54) is 13.3 Å². The number of aromatic hydroxyl groups is 1. The van der Waals surface area contributed by atoms with Crippen molar-refractivity contribution in [1.82, 2.24) is 5.01 Å². The number of hydrogen-bond acceptors (Lipinski definition) is 5. The Morgan fingerprint density at radius 3 is 1.85 bits per heavy atom. The molecule has 33 heavy (non-hydrogen) atoms. The Hall–Kier alpha value is -3.45. The van der Waals surface area contributed by atoms with Crippen LogP contribution in [-0.2, 0) is 9.59 Å². The number of benzene rings is 3. The first-order valence-corrected chi connectivity index (χ1v) is 11.5. The molecule has 1 N–H and O–H groups in total. The molecule has 3 aromatic carbocycles. The number of hydrazone groups is 1. The molecule has 3 aromatic rings. The Kier molecular flexibility index (Phi) is 4.45. The summed E-state index contributed by atoms with van der Waals surface area (Å²) >= 11 is 3.28. The predicted molar refractivity (Wildman–Crippen MR) is 125 cm³/mol. The van der Waals surface area contributed by atoms with Gasteiger partial charge in [-0.2, -0.15) is 10.1 Å². The van der Waals surface area contributed by atoms with E-state index < -0.39 is 11.8 Å². The summed E-state index contributed by atoms with van der Waals surface area (Å²) in [5.41, 5.74) is 4.80. The van der Waals surface area contributed by atoms with Gasteiger partial charge in [0.25, 0.3) is 11.8 Å². The van der Waals surface area contributed by atoms with Gasteiger partial charge in [-0.25, -0.2) is 0 Å². The number of halogens is 1. The van der Waals surface area contributed by atoms with Gasteiger partial charge in [0.1, 0.15) is 11.5 Å². The molecular weight excluding hydrogens is 484 g/mol. The number of rotatable bonds is 3. The topological polar surface area (TPSA) is 79.2 Å². The van der Waals surface area contributed by atoms with Crippen LogP contribution in [0.2, 0.25) is 0 Å². The monoisotopic (exact) mass is 502 g/mol. The van der Waals surface area contributed by atoms with Gasteiger partial charge >= 0.3 is 0 Å². The fraction of sp³-hybridized carbons (Fsp3) is 0.192. The summed E-state index contributed by atoms with van der Waals surface area (Å²) in [5.74, 6) is -1.48. The second-order valence-corrected chi connectivity index (χ2v) is 9.40. The Morgan fingerprint density at radius 2 is 1.39 bits per heavy atom. The Morgan fingerprint density at radius 1 is 0.909 bits per heavy atom. The van der Waals surface area contributed by atoms with Crippen molar-refractivity contribution in [2.24, 2.45) is 16.9 Å². The molecule has 1 heterocycles.